The third kappa shape index (κ3) is 5.20. The normalized spacial score (nSPS) is 18.2. The minimum absolute atomic E-state index is 0.0431. The molecule has 40 heavy (non-hydrogen) atoms. The third-order valence-corrected chi connectivity index (χ3v) is 7.91. The van der Waals surface area contributed by atoms with Crippen LogP contribution < -0.4 is 4.74 Å². The number of ether oxygens (including phenoxy) is 2. The number of carbonyl (C=O) groups excluding carboxylic acids is 1. The summed E-state index contributed by atoms with van der Waals surface area (Å²) in [5.41, 5.74) is 4.21. The summed E-state index contributed by atoms with van der Waals surface area (Å²) in [4.78, 5) is 24.1. The van der Waals surface area contributed by atoms with E-state index in [1.165, 1.54) is 6.07 Å². The highest BCUT2D eigenvalue weighted by Crippen LogP contribution is 2.34. The number of pyridine rings is 1. The van der Waals surface area contributed by atoms with Crippen molar-refractivity contribution in [2.75, 3.05) is 26.3 Å². The quantitative estimate of drug-likeness (QED) is 0.312. The number of hydrogen-bond acceptors (Lipinski definition) is 7. The maximum atomic E-state index is 14.2. The molecule has 2 aliphatic heterocycles. The number of fused-ring (bicyclic) bond motifs is 3. The van der Waals surface area contributed by atoms with E-state index in [1.807, 2.05) is 36.4 Å². The minimum atomic E-state index is -0.460. The molecule has 0 N–H and O–H groups in total. The number of aromatic nitrogens is 3. The smallest absolute Gasteiger partial charge is 0.213 e. The van der Waals surface area contributed by atoms with Gasteiger partial charge in [0.2, 0.25) is 5.88 Å². The number of nitriles is 1. The van der Waals surface area contributed by atoms with Crippen molar-refractivity contribution < 1.29 is 18.7 Å². The van der Waals surface area contributed by atoms with Crippen LogP contribution in [-0.2, 0) is 17.9 Å². The number of Topliss-reactive ketones (excluding diaryl/α,β-unsaturated/α-hetero) is 1. The van der Waals surface area contributed by atoms with E-state index in [0.717, 1.165) is 48.5 Å². The fourth-order valence-electron chi connectivity index (χ4n) is 5.67. The molecule has 6 rings (SSSR count). The highest BCUT2D eigenvalue weighted by molar-refractivity contribution is 5.97. The number of likely N-dealkylation sites (tertiary alicyclic amines) is 1. The third-order valence-electron chi connectivity index (χ3n) is 7.91. The molecule has 204 valence electrons. The Balaban J connectivity index is 1.13. The number of nitrogens with zero attached hydrogens (tertiary/aromatic N) is 5. The van der Waals surface area contributed by atoms with Crippen LogP contribution in [-0.4, -0.2) is 51.5 Å². The van der Waals surface area contributed by atoms with Gasteiger partial charge in [0, 0.05) is 35.3 Å². The zero-order chi connectivity index (χ0) is 27.6. The second-order valence-corrected chi connectivity index (χ2v) is 10.4. The summed E-state index contributed by atoms with van der Waals surface area (Å²) >= 11 is 0. The van der Waals surface area contributed by atoms with Gasteiger partial charge < -0.3 is 14.0 Å². The average molecular weight is 540 g/mol. The van der Waals surface area contributed by atoms with Crippen LogP contribution in [0.1, 0.15) is 64.7 Å². The Morgan fingerprint density at radius 2 is 1.98 bits per heavy atom. The van der Waals surface area contributed by atoms with Crippen LogP contribution in [0, 0.1) is 17.1 Å². The van der Waals surface area contributed by atoms with Crippen LogP contribution in [0.15, 0.2) is 54.6 Å². The molecule has 0 saturated carbocycles. The van der Waals surface area contributed by atoms with Crippen molar-refractivity contribution in [3.63, 3.8) is 0 Å². The molecule has 1 atom stereocenters. The van der Waals surface area contributed by atoms with Crippen LogP contribution in [0.2, 0.25) is 0 Å². The number of rotatable bonds is 6. The van der Waals surface area contributed by atoms with Crippen LogP contribution in [0.5, 0.6) is 5.88 Å². The van der Waals surface area contributed by atoms with Gasteiger partial charge in [-0.3, -0.25) is 9.69 Å². The van der Waals surface area contributed by atoms with E-state index in [-0.39, 0.29) is 29.9 Å². The number of hydrogen-bond donors (Lipinski definition) is 0. The summed E-state index contributed by atoms with van der Waals surface area (Å²) in [5.74, 6) is 1.33. The summed E-state index contributed by atoms with van der Waals surface area (Å²) < 4.78 is 28.3. The van der Waals surface area contributed by atoms with Crippen molar-refractivity contribution in [1.29, 1.82) is 5.26 Å². The number of piperidine rings is 1. The second kappa shape index (κ2) is 11.2. The topological polar surface area (TPSA) is 93.3 Å². The summed E-state index contributed by atoms with van der Waals surface area (Å²) in [5, 5.41) is 8.94. The Labute approximate surface area is 232 Å². The van der Waals surface area contributed by atoms with Crippen LogP contribution >= 0.6 is 0 Å². The maximum absolute atomic E-state index is 14.2. The molecule has 2 aromatic heterocycles. The molecule has 1 fully saturated rings. The lowest BCUT2D eigenvalue weighted by molar-refractivity contribution is 0.0529. The Hall–Kier alpha value is -4.13. The average Bonchev–Trinajstić information content (AvgIpc) is 3.20. The summed E-state index contributed by atoms with van der Waals surface area (Å²) in [6, 6.07) is 17.8. The lowest BCUT2D eigenvalue weighted by Crippen LogP contribution is -2.38. The zero-order valence-corrected chi connectivity index (χ0v) is 22.3. The SMILES string of the molecule is CC(=O)c1ccc2nc3n(c2c1)CCOCC3N1CCC(c2cccc(OCc3ccc(C#N)cc3F)n2)CC1. The number of imidazole rings is 1. The molecule has 0 spiro atoms. The number of carbonyl (C=O) groups is 1. The van der Waals surface area contributed by atoms with Gasteiger partial charge in [0.05, 0.1) is 41.9 Å². The largest absolute Gasteiger partial charge is 0.473 e. The van der Waals surface area contributed by atoms with Gasteiger partial charge in [-0.1, -0.05) is 12.1 Å². The predicted octanol–water partition coefficient (Wildman–Crippen LogP) is 5.17. The summed E-state index contributed by atoms with van der Waals surface area (Å²) in [6.45, 7) is 5.29. The number of ketones is 1. The first-order valence-electron chi connectivity index (χ1n) is 13.6. The lowest BCUT2D eigenvalue weighted by atomic mass is 9.92. The van der Waals surface area contributed by atoms with Crippen LogP contribution in [0.3, 0.4) is 0 Å². The van der Waals surface area contributed by atoms with Gasteiger partial charge in [-0.25, -0.2) is 14.4 Å². The number of benzene rings is 2. The molecule has 2 aliphatic rings. The van der Waals surface area contributed by atoms with E-state index in [1.54, 1.807) is 25.1 Å². The molecule has 4 heterocycles. The molecule has 0 amide bonds. The molecular weight excluding hydrogens is 509 g/mol. The molecule has 2 aromatic carbocycles. The fraction of sp³-hybridized carbons (Fsp3) is 0.355. The Bertz CT molecular complexity index is 1600. The van der Waals surface area contributed by atoms with E-state index in [2.05, 4.69) is 9.47 Å². The second-order valence-electron chi connectivity index (χ2n) is 10.4. The molecule has 0 radical (unpaired) electrons. The molecule has 0 aliphatic carbocycles. The van der Waals surface area contributed by atoms with Crippen LogP contribution in [0.25, 0.3) is 11.0 Å². The van der Waals surface area contributed by atoms with E-state index in [9.17, 15) is 9.18 Å². The molecule has 1 saturated heterocycles. The Morgan fingerprint density at radius 1 is 1.12 bits per heavy atom. The van der Waals surface area contributed by atoms with Crippen molar-refractivity contribution in [1.82, 2.24) is 19.4 Å². The van der Waals surface area contributed by atoms with Gasteiger partial charge in [0.1, 0.15) is 18.2 Å². The summed E-state index contributed by atoms with van der Waals surface area (Å²) in [7, 11) is 0. The van der Waals surface area contributed by atoms with Gasteiger partial charge in [-0.05, 0) is 69.3 Å². The molecule has 0 bridgehead atoms. The lowest BCUT2D eigenvalue weighted by Gasteiger charge is -2.36. The maximum Gasteiger partial charge on any atom is 0.213 e. The van der Waals surface area contributed by atoms with Crippen molar-refractivity contribution in [3.05, 3.63) is 88.6 Å². The van der Waals surface area contributed by atoms with E-state index < -0.39 is 5.82 Å². The molecular formula is C31H30FN5O3. The first-order chi connectivity index (χ1) is 19.5. The Morgan fingerprint density at radius 3 is 2.75 bits per heavy atom. The standard InChI is InChI=1S/C31H30FN5O3/c1-20(38)23-7-8-27-28(16-23)37-13-14-39-19-29(31(37)35-27)36-11-9-22(10-12-36)26-3-2-4-30(34-26)40-18-24-6-5-21(17-33)15-25(24)32/h2-8,15-16,22,29H,9-14,18-19H2,1H3. The van der Waals surface area contributed by atoms with Crippen molar-refractivity contribution in [2.24, 2.45) is 0 Å². The molecule has 8 nitrogen and oxygen atoms in total. The van der Waals surface area contributed by atoms with E-state index in [4.69, 9.17) is 24.7 Å². The zero-order valence-electron chi connectivity index (χ0n) is 22.3. The number of halogens is 1. The van der Waals surface area contributed by atoms with Gasteiger partial charge in [-0.15, -0.1) is 0 Å². The van der Waals surface area contributed by atoms with E-state index in [0.29, 0.717) is 36.8 Å². The monoisotopic (exact) mass is 539 g/mol. The molecule has 4 aromatic rings. The molecule has 1 unspecified atom stereocenters. The van der Waals surface area contributed by atoms with Gasteiger partial charge >= 0.3 is 0 Å². The van der Waals surface area contributed by atoms with E-state index >= 15 is 0 Å². The predicted molar refractivity (Wildman–Crippen MR) is 147 cm³/mol. The highest BCUT2D eigenvalue weighted by atomic mass is 19.1. The van der Waals surface area contributed by atoms with Gasteiger partial charge in [-0.2, -0.15) is 5.26 Å². The minimum Gasteiger partial charge on any atom is -0.473 e. The van der Waals surface area contributed by atoms with Crippen molar-refractivity contribution >= 4 is 16.8 Å². The van der Waals surface area contributed by atoms with Gasteiger partial charge in [0.25, 0.3) is 0 Å². The molecule has 9 heteroatoms. The first-order valence-corrected chi connectivity index (χ1v) is 13.6. The first kappa shape index (κ1) is 26.1. The Kier molecular flexibility index (Phi) is 7.29. The van der Waals surface area contributed by atoms with Crippen molar-refractivity contribution in [2.45, 2.75) is 44.9 Å². The summed E-state index contributed by atoms with van der Waals surface area (Å²) in [6.07, 6.45) is 1.87. The highest BCUT2D eigenvalue weighted by Gasteiger charge is 2.32. The van der Waals surface area contributed by atoms with Gasteiger partial charge in [0.15, 0.2) is 5.78 Å². The van der Waals surface area contributed by atoms with Crippen molar-refractivity contribution in [3.8, 4) is 11.9 Å². The van der Waals surface area contributed by atoms with Crippen LogP contribution in [0.4, 0.5) is 4.39 Å². The fourth-order valence-corrected chi connectivity index (χ4v) is 5.67.